The van der Waals surface area contributed by atoms with Gasteiger partial charge in [0, 0.05) is 36.9 Å². The van der Waals surface area contributed by atoms with Gasteiger partial charge in [-0.25, -0.2) is 4.98 Å². The number of fused-ring (bicyclic) bond motifs is 1. The molecular formula is C21H25N5O2. The summed E-state index contributed by atoms with van der Waals surface area (Å²) in [6.45, 7) is 1.84. The van der Waals surface area contributed by atoms with Crippen LogP contribution in [0.3, 0.4) is 0 Å². The molecule has 4 rings (SSSR count). The molecule has 1 aromatic carbocycles. The van der Waals surface area contributed by atoms with Crippen molar-refractivity contribution in [2.24, 2.45) is 5.92 Å². The second-order valence-electron chi connectivity index (χ2n) is 7.15. The van der Waals surface area contributed by atoms with Crippen LogP contribution in [0.2, 0.25) is 0 Å². The summed E-state index contributed by atoms with van der Waals surface area (Å²) in [6.07, 6.45) is 7.07. The molecule has 0 saturated carbocycles. The maximum atomic E-state index is 6.25. The Hall–Kier alpha value is -3.09. The molecular weight excluding hydrogens is 354 g/mol. The highest BCUT2D eigenvalue weighted by Gasteiger charge is 2.23. The zero-order valence-electron chi connectivity index (χ0n) is 16.3. The van der Waals surface area contributed by atoms with E-state index in [0.717, 1.165) is 36.8 Å². The normalized spacial score (nSPS) is 16.9. The molecule has 1 aliphatic rings. The van der Waals surface area contributed by atoms with Crippen LogP contribution in [0, 0.1) is 5.92 Å². The first-order valence-electron chi connectivity index (χ1n) is 9.51. The van der Waals surface area contributed by atoms with E-state index in [4.69, 9.17) is 20.2 Å². The van der Waals surface area contributed by atoms with Crippen molar-refractivity contribution in [3.63, 3.8) is 0 Å². The van der Waals surface area contributed by atoms with Crippen LogP contribution in [-0.4, -0.2) is 42.3 Å². The number of nitrogens with zero attached hydrogens (tertiary/aromatic N) is 4. The van der Waals surface area contributed by atoms with Crippen LogP contribution in [-0.2, 0) is 6.42 Å². The van der Waals surface area contributed by atoms with Gasteiger partial charge in [0.15, 0.2) is 11.5 Å². The number of rotatable bonds is 5. The molecule has 28 heavy (non-hydrogen) atoms. The number of nitrogens with two attached hydrogens (primary N) is 1. The van der Waals surface area contributed by atoms with E-state index in [-0.39, 0.29) is 0 Å². The number of pyridine rings is 1. The van der Waals surface area contributed by atoms with Gasteiger partial charge in [-0.1, -0.05) is 6.07 Å². The number of piperidine rings is 1. The first kappa shape index (κ1) is 18.3. The average Bonchev–Trinajstić information content (AvgIpc) is 2.73. The highest BCUT2D eigenvalue weighted by molar-refractivity contribution is 5.91. The van der Waals surface area contributed by atoms with Crippen LogP contribution >= 0.6 is 0 Å². The summed E-state index contributed by atoms with van der Waals surface area (Å²) in [5, 5.41) is 0.769. The van der Waals surface area contributed by atoms with Gasteiger partial charge in [-0.2, -0.15) is 4.98 Å². The molecule has 0 radical (unpaired) electrons. The molecule has 2 aromatic heterocycles. The van der Waals surface area contributed by atoms with Crippen molar-refractivity contribution in [2.45, 2.75) is 19.3 Å². The minimum absolute atomic E-state index is 0.454. The van der Waals surface area contributed by atoms with Crippen molar-refractivity contribution in [3.8, 4) is 11.5 Å². The van der Waals surface area contributed by atoms with Gasteiger partial charge in [-0.15, -0.1) is 0 Å². The van der Waals surface area contributed by atoms with Gasteiger partial charge in [0.1, 0.15) is 5.82 Å². The summed E-state index contributed by atoms with van der Waals surface area (Å²) < 4.78 is 10.8. The van der Waals surface area contributed by atoms with E-state index in [1.165, 1.54) is 12.0 Å². The topological polar surface area (TPSA) is 86.4 Å². The SMILES string of the molecule is COc1cc2nc(N3CCCC(Cc4cccnc4)C3)nc(N)c2cc1OC. The lowest BCUT2D eigenvalue weighted by Crippen LogP contribution is -2.37. The molecule has 3 aromatic rings. The molecule has 7 nitrogen and oxygen atoms in total. The number of ether oxygens (including phenoxy) is 2. The fourth-order valence-corrected chi connectivity index (χ4v) is 3.87. The first-order chi connectivity index (χ1) is 13.7. The van der Waals surface area contributed by atoms with Crippen LogP contribution in [0.25, 0.3) is 10.9 Å². The minimum Gasteiger partial charge on any atom is -0.493 e. The molecule has 0 bridgehead atoms. The van der Waals surface area contributed by atoms with Crippen LogP contribution in [0.5, 0.6) is 11.5 Å². The van der Waals surface area contributed by atoms with Crippen LogP contribution < -0.4 is 20.1 Å². The number of nitrogen functional groups attached to an aromatic ring is 1. The Labute approximate surface area is 164 Å². The lowest BCUT2D eigenvalue weighted by Gasteiger charge is -2.33. The summed E-state index contributed by atoms with van der Waals surface area (Å²) in [6, 6.07) is 7.81. The van der Waals surface area contributed by atoms with Gasteiger partial charge in [0.2, 0.25) is 5.95 Å². The van der Waals surface area contributed by atoms with E-state index in [1.807, 2.05) is 30.6 Å². The Morgan fingerprint density at radius 3 is 2.75 bits per heavy atom. The second kappa shape index (κ2) is 7.88. The summed E-state index contributed by atoms with van der Waals surface area (Å²) in [5.74, 6) is 2.92. The molecule has 3 heterocycles. The van der Waals surface area contributed by atoms with Gasteiger partial charge < -0.3 is 20.1 Å². The largest absolute Gasteiger partial charge is 0.493 e. The first-order valence-corrected chi connectivity index (χ1v) is 9.51. The zero-order valence-corrected chi connectivity index (χ0v) is 16.3. The lowest BCUT2D eigenvalue weighted by atomic mass is 9.92. The number of benzene rings is 1. The van der Waals surface area contributed by atoms with Gasteiger partial charge in [0.25, 0.3) is 0 Å². The third kappa shape index (κ3) is 3.65. The van der Waals surface area contributed by atoms with E-state index in [9.17, 15) is 0 Å². The van der Waals surface area contributed by atoms with Crippen molar-refractivity contribution in [3.05, 3.63) is 42.2 Å². The van der Waals surface area contributed by atoms with Gasteiger partial charge in [-0.3, -0.25) is 4.98 Å². The Bertz CT molecular complexity index is 964. The molecule has 7 heteroatoms. The third-order valence-electron chi connectivity index (χ3n) is 5.27. The molecule has 1 unspecified atom stereocenters. The highest BCUT2D eigenvalue weighted by atomic mass is 16.5. The molecule has 1 fully saturated rings. The zero-order chi connectivity index (χ0) is 19.5. The number of hydrogen-bond donors (Lipinski definition) is 1. The van der Waals surface area contributed by atoms with Crippen molar-refractivity contribution in [1.29, 1.82) is 0 Å². The molecule has 0 amide bonds. The number of anilines is 2. The molecule has 0 aliphatic carbocycles. The Morgan fingerprint density at radius 2 is 2.00 bits per heavy atom. The minimum atomic E-state index is 0.454. The van der Waals surface area contributed by atoms with E-state index >= 15 is 0 Å². The standard InChI is InChI=1S/C21H25N5O2/c1-27-18-10-16-17(11-19(18)28-2)24-21(25-20(16)22)26-8-4-6-15(13-26)9-14-5-3-7-23-12-14/h3,5,7,10-12,15H,4,6,8-9,13H2,1-2H3,(H2,22,24,25). The highest BCUT2D eigenvalue weighted by Crippen LogP contribution is 2.34. The molecule has 1 saturated heterocycles. The average molecular weight is 379 g/mol. The van der Waals surface area contributed by atoms with Gasteiger partial charge >= 0.3 is 0 Å². The molecule has 146 valence electrons. The van der Waals surface area contributed by atoms with Crippen LogP contribution in [0.1, 0.15) is 18.4 Å². The third-order valence-corrected chi connectivity index (χ3v) is 5.27. The monoisotopic (exact) mass is 379 g/mol. The van der Waals surface area contributed by atoms with Crippen LogP contribution in [0.15, 0.2) is 36.7 Å². The Balaban J connectivity index is 1.61. The van der Waals surface area contributed by atoms with Crippen molar-refractivity contribution >= 4 is 22.7 Å². The quantitative estimate of drug-likeness (QED) is 0.729. The molecule has 1 aliphatic heterocycles. The number of methoxy groups -OCH3 is 2. The second-order valence-corrected chi connectivity index (χ2v) is 7.15. The van der Waals surface area contributed by atoms with Crippen LogP contribution in [0.4, 0.5) is 11.8 Å². The lowest BCUT2D eigenvalue weighted by molar-refractivity contribution is 0.356. The smallest absolute Gasteiger partial charge is 0.227 e. The van der Waals surface area contributed by atoms with E-state index in [1.54, 1.807) is 14.2 Å². The van der Waals surface area contributed by atoms with Crippen molar-refractivity contribution < 1.29 is 9.47 Å². The summed E-state index contributed by atoms with van der Waals surface area (Å²) in [7, 11) is 3.22. The summed E-state index contributed by atoms with van der Waals surface area (Å²) >= 11 is 0. The maximum absolute atomic E-state index is 6.25. The fraction of sp³-hybridized carbons (Fsp3) is 0.381. The molecule has 0 spiro atoms. The number of hydrogen-bond acceptors (Lipinski definition) is 7. The predicted octanol–water partition coefficient (Wildman–Crippen LogP) is 3.08. The summed E-state index contributed by atoms with van der Waals surface area (Å²) in [5.41, 5.74) is 8.28. The van der Waals surface area contributed by atoms with Gasteiger partial charge in [-0.05, 0) is 42.9 Å². The predicted molar refractivity (Wildman–Crippen MR) is 110 cm³/mol. The van der Waals surface area contributed by atoms with E-state index in [0.29, 0.717) is 29.2 Å². The Morgan fingerprint density at radius 1 is 1.18 bits per heavy atom. The van der Waals surface area contributed by atoms with Crippen molar-refractivity contribution in [2.75, 3.05) is 37.9 Å². The fourth-order valence-electron chi connectivity index (χ4n) is 3.87. The Kier molecular flexibility index (Phi) is 5.14. The number of aromatic nitrogens is 3. The maximum Gasteiger partial charge on any atom is 0.227 e. The molecule has 2 N–H and O–H groups in total. The van der Waals surface area contributed by atoms with Crippen molar-refractivity contribution in [1.82, 2.24) is 15.0 Å². The van der Waals surface area contributed by atoms with E-state index in [2.05, 4.69) is 20.9 Å². The summed E-state index contributed by atoms with van der Waals surface area (Å²) in [4.78, 5) is 15.8. The van der Waals surface area contributed by atoms with Gasteiger partial charge in [0.05, 0.1) is 19.7 Å². The van der Waals surface area contributed by atoms with E-state index < -0.39 is 0 Å². The molecule has 1 atom stereocenters.